The van der Waals surface area contributed by atoms with Crippen molar-refractivity contribution in [3.63, 3.8) is 0 Å². The lowest BCUT2D eigenvalue weighted by atomic mass is 10.2. The average Bonchev–Trinajstić information content (AvgIpc) is 2.35. The lowest BCUT2D eigenvalue weighted by Gasteiger charge is -2.07. The molecule has 17 heavy (non-hydrogen) atoms. The Hall–Kier alpha value is -2.41. The highest BCUT2D eigenvalue weighted by Gasteiger charge is 2.13. The molecule has 0 atom stereocenters. The summed E-state index contributed by atoms with van der Waals surface area (Å²) in [5.74, 6) is -1.97. The molecule has 0 aliphatic heterocycles. The van der Waals surface area contributed by atoms with Crippen LogP contribution in [0.1, 0.15) is 5.56 Å². The van der Waals surface area contributed by atoms with Gasteiger partial charge in [-0.2, -0.15) is 5.26 Å². The Bertz CT molecular complexity index is 553. The maximum atomic E-state index is 13.5. The number of nitriles is 1. The van der Waals surface area contributed by atoms with E-state index in [2.05, 4.69) is 0 Å². The fourth-order valence-corrected chi connectivity index (χ4v) is 1.33. The van der Waals surface area contributed by atoms with Gasteiger partial charge in [0.1, 0.15) is 5.75 Å². The standard InChI is InChI=1S/C13H7F2NO/c14-11-6-9(8-16)7-12(15)13(11)17-10-4-2-1-3-5-10/h1-7H. The van der Waals surface area contributed by atoms with Crippen molar-refractivity contribution in [1.82, 2.24) is 0 Å². The molecule has 2 aromatic carbocycles. The van der Waals surface area contributed by atoms with Gasteiger partial charge < -0.3 is 4.74 Å². The van der Waals surface area contributed by atoms with Gasteiger partial charge in [-0.15, -0.1) is 0 Å². The van der Waals surface area contributed by atoms with E-state index in [1.165, 1.54) is 0 Å². The van der Waals surface area contributed by atoms with Crippen LogP contribution >= 0.6 is 0 Å². The predicted molar refractivity (Wildman–Crippen MR) is 57.6 cm³/mol. The van der Waals surface area contributed by atoms with Gasteiger partial charge in [0.25, 0.3) is 0 Å². The Morgan fingerprint density at radius 3 is 2.12 bits per heavy atom. The summed E-state index contributed by atoms with van der Waals surface area (Å²) in [4.78, 5) is 0. The van der Waals surface area contributed by atoms with Crippen molar-refractivity contribution in [2.24, 2.45) is 0 Å². The average molecular weight is 231 g/mol. The Kier molecular flexibility index (Phi) is 3.01. The Labute approximate surface area is 96.7 Å². The highest BCUT2D eigenvalue weighted by molar-refractivity contribution is 5.39. The molecule has 0 aromatic heterocycles. The first kappa shape index (κ1) is 11.1. The topological polar surface area (TPSA) is 33.0 Å². The number of para-hydroxylation sites is 1. The van der Waals surface area contributed by atoms with Crippen LogP contribution in [-0.2, 0) is 0 Å². The molecule has 0 bridgehead atoms. The van der Waals surface area contributed by atoms with Gasteiger partial charge in [0, 0.05) is 0 Å². The summed E-state index contributed by atoms with van der Waals surface area (Å²) in [5.41, 5.74) is -0.0830. The second-order valence-corrected chi connectivity index (χ2v) is 3.30. The summed E-state index contributed by atoms with van der Waals surface area (Å²) >= 11 is 0. The van der Waals surface area contributed by atoms with Crippen molar-refractivity contribution >= 4 is 0 Å². The number of hydrogen-bond acceptors (Lipinski definition) is 2. The number of hydrogen-bond donors (Lipinski definition) is 0. The summed E-state index contributed by atoms with van der Waals surface area (Å²) in [6.45, 7) is 0. The van der Waals surface area contributed by atoms with Gasteiger partial charge in [-0.05, 0) is 24.3 Å². The van der Waals surface area contributed by atoms with E-state index in [9.17, 15) is 8.78 Å². The van der Waals surface area contributed by atoms with Crippen LogP contribution in [0.25, 0.3) is 0 Å². The maximum absolute atomic E-state index is 13.5. The van der Waals surface area contributed by atoms with Gasteiger partial charge in [-0.3, -0.25) is 0 Å². The molecule has 0 saturated heterocycles. The van der Waals surface area contributed by atoms with Crippen LogP contribution < -0.4 is 4.74 Å². The molecule has 2 rings (SSSR count). The minimum atomic E-state index is -0.898. The number of rotatable bonds is 2. The van der Waals surface area contributed by atoms with E-state index in [0.29, 0.717) is 5.75 Å². The summed E-state index contributed by atoms with van der Waals surface area (Å²) in [6, 6.07) is 11.8. The van der Waals surface area contributed by atoms with Crippen molar-refractivity contribution in [3.05, 3.63) is 59.7 Å². The van der Waals surface area contributed by atoms with Crippen molar-refractivity contribution in [3.8, 4) is 17.6 Å². The van der Waals surface area contributed by atoms with Crippen LogP contribution in [0.15, 0.2) is 42.5 Å². The van der Waals surface area contributed by atoms with Crippen LogP contribution in [-0.4, -0.2) is 0 Å². The van der Waals surface area contributed by atoms with Gasteiger partial charge >= 0.3 is 0 Å². The van der Waals surface area contributed by atoms with Crippen LogP contribution in [0, 0.1) is 23.0 Å². The molecule has 0 aliphatic carbocycles. The normalized spacial score (nSPS) is 9.71. The third kappa shape index (κ3) is 2.40. The molecule has 4 heteroatoms. The zero-order chi connectivity index (χ0) is 12.3. The van der Waals surface area contributed by atoms with E-state index in [0.717, 1.165) is 12.1 Å². The second kappa shape index (κ2) is 4.62. The van der Waals surface area contributed by atoms with E-state index in [1.807, 2.05) is 0 Å². The zero-order valence-corrected chi connectivity index (χ0v) is 8.65. The van der Waals surface area contributed by atoms with Crippen molar-refractivity contribution in [2.75, 3.05) is 0 Å². The minimum Gasteiger partial charge on any atom is -0.451 e. The predicted octanol–water partition coefficient (Wildman–Crippen LogP) is 3.63. The van der Waals surface area contributed by atoms with E-state index < -0.39 is 17.4 Å². The molecule has 0 amide bonds. The summed E-state index contributed by atoms with van der Waals surface area (Å²) in [6.07, 6.45) is 0. The first-order chi connectivity index (χ1) is 8.20. The molecule has 2 aromatic rings. The third-order valence-corrected chi connectivity index (χ3v) is 2.09. The monoisotopic (exact) mass is 231 g/mol. The van der Waals surface area contributed by atoms with E-state index >= 15 is 0 Å². The van der Waals surface area contributed by atoms with Crippen molar-refractivity contribution in [1.29, 1.82) is 5.26 Å². The van der Waals surface area contributed by atoms with Gasteiger partial charge in [-0.25, -0.2) is 8.78 Å². The Morgan fingerprint density at radius 2 is 1.59 bits per heavy atom. The summed E-state index contributed by atoms with van der Waals surface area (Å²) in [7, 11) is 0. The molecule has 84 valence electrons. The maximum Gasteiger partial charge on any atom is 0.198 e. The van der Waals surface area contributed by atoms with E-state index in [4.69, 9.17) is 10.00 Å². The molecule has 0 N–H and O–H groups in total. The number of halogens is 2. The van der Waals surface area contributed by atoms with Crippen LogP contribution in [0.5, 0.6) is 11.5 Å². The van der Waals surface area contributed by atoms with Crippen molar-refractivity contribution in [2.45, 2.75) is 0 Å². The molecule has 2 nitrogen and oxygen atoms in total. The Morgan fingerprint density at radius 1 is 1.00 bits per heavy atom. The molecule has 0 unspecified atom stereocenters. The lowest BCUT2D eigenvalue weighted by Crippen LogP contribution is -1.93. The summed E-state index contributed by atoms with van der Waals surface area (Å²) in [5, 5.41) is 8.54. The van der Waals surface area contributed by atoms with Gasteiger partial charge in [0.2, 0.25) is 0 Å². The number of benzene rings is 2. The van der Waals surface area contributed by atoms with Crippen LogP contribution in [0.3, 0.4) is 0 Å². The molecule has 0 radical (unpaired) electrons. The summed E-state index contributed by atoms with van der Waals surface area (Å²) < 4.78 is 32.0. The lowest BCUT2D eigenvalue weighted by molar-refractivity contribution is 0.407. The van der Waals surface area contributed by atoms with E-state index in [-0.39, 0.29) is 5.56 Å². The molecule has 0 spiro atoms. The third-order valence-electron chi connectivity index (χ3n) is 2.09. The quantitative estimate of drug-likeness (QED) is 0.790. The highest BCUT2D eigenvalue weighted by atomic mass is 19.1. The molecular formula is C13H7F2NO. The van der Waals surface area contributed by atoms with Crippen LogP contribution in [0.2, 0.25) is 0 Å². The van der Waals surface area contributed by atoms with Gasteiger partial charge in [0.05, 0.1) is 11.6 Å². The Balaban J connectivity index is 2.38. The van der Waals surface area contributed by atoms with Crippen molar-refractivity contribution < 1.29 is 13.5 Å². The molecule has 0 aliphatic rings. The smallest absolute Gasteiger partial charge is 0.198 e. The molecule has 0 fully saturated rings. The fourth-order valence-electron chi connectivity index (χ4n) is 1.33. The zero-order valence-electron chi connectivity index (χ0n) is 8.65. The van der Waals surface area contributed by atoms with Gasteiger partial charge in [0.15, 0.2) is 17.4 Å². The highest BCUT2D eigenvalue weighted by Crippen LogP contribution is 2.28. The van der Waals surface area contributed by atoms with Crippen LogP contribution in [0.4, 0.5) is 8.78 Å². The largest absolute Gasteiger partial charge is 0.451 e. The first-order valence-electron chi connectivity index (χ1n) is 4.83. The molecular weight excluding hydrogens is 224 g/mol. The van der Waals surface area contributed by atoms with Gasteiger partial charge in [-0.1, -0.05) is 18.2 Å². The fraction of sp³-hybridized carbons (Fsp3) is 0. The first-order valence-corrected chi connectivity index (χ1v) is 4.83. The van der Waals surface area contributed by atoms with E-state index in [1.54, 1.807) is 36.4 Å². The minimum absolute atomic E-state index is 0.0830. The number of ether oxygens (including phenoxy) is 1. The number of nitrogens with zero attached hydrogens (tertiary/aromatic N) is 1. The molecule has 0 heterocycles. The molecule has 0 saturated carbocycles. The SMILES string of the molecule is N#Cc1cc(F)c(Oc2ccccc2)c(F)c1. The second-order valence-electron chi connectivity index (χ2n) is 3.30.